The van der Waals surface area contributed by atoms with Crippen molar-refractivity contribution in [3.05, 3.63) is 71.8 Å². The highest BCUT2D eigenvalue weighted by Gasteiger charge is 2.25. The largest absolute Gasteiger partial charge is 0.328 e. The van der Waals surface area contributed by atoms with E-state index in [-0.39, 0.29) is 6.04 Å². The summed E-state index contributed by atoms with van der Waals surface area (Å²) in [6, 6.07) is 22.5. The van der Waals surface area contributed by atoms with Crippen molar-refractivity contribution >= 4 is 0 Å². The molecule has 20 heavy (non-hydrogen) atoms. The van der Waals surface area contributed by atoms with Crippen molar-refractivity contribution in [3.63, 3.8) is 0 Å². The summed E-state index contributed by atoms with van der Waals surface area (Å²) in [7, 11) is 0. The van der Waals surface area contributed by atoms with Crippen LogP contribution in [0.3, 0.4) is 0 Å². The molecule has 1 aliphatic carbocycles. The van der Waals surface area contributed by atoms with Gasteiger partial charge in [-0.2, -0.15) is 0 Å². The maximum absolute atomic E-state index is 6.04. The van der Waals surface area contributed by atoms with Gasteiger partial charge in [0.25, 0.3) is 0 Å². The van der Waals surface area contributed by atoms with Gasteiger partial charge in [0, 0.05) is 12.1 Å². The van der Waals surface area contributed by atoms with E-state index in [4.69, 9.17) is 5.73 Å². The fourth-order valence-corrected chi connectivity index (χ4v) is 3.08. The second-order valence-electron chi connectivity index (χ2n) is 5.69. The maximum Gasteiger partial charge on any atom is 0.0578 e. The summed E-state index contributed by atoms with van der Waals surface area (Å²) < 4.78 is 0. The average molecular weight is 266 g/mol. The Bertz CT molecular complexity index is 484. The minimum Gasteiger partial charge on any atom is -0.328 e. The molecule has 0 spiro atoms. The SMILES string of the molecule is NC1CCC(NC(c2ccccc2)c2ccccc2)C1. The normalized spacial score (nSPS) is 22.3. The molecule has 2 aromatic rings. The van der Waals surface area contributed by atoms with Crippen LogP contribution >= 0.6 is 0 Å². The molecule has 2 nitrogen and oxygen atoms in total. The number of benzene rings is 2. The third-order valence-electron chi connectivity index (χ3n) is 4.14. The number of hydrogen-bond donors (Lipinski definition) is 2. The predicted octanol–water partition coefficient (Wildman–Crippen LogP) is 3.25. The first kappa shape index (κ1) is 13.3. The molecule has 104 valence electrons. The van der Waals surface area contributed by atoms with Crippen molar-refractivity contribution in [1.82, 2.24) is 5.32 Å². The summed E-state index contributed by atoms with van der Waals surface area (Å²) in [6.45, 7) is 0. The van der Waals surface area contributed by atoms with Crippen LogP contribution in [0.2, 0.25) is 0 Å². The summed E-state index contributed by atoms with van der Waals surface area (Å²) in [5, 5.41) is 3.80. The Kier molecular flexibility index (Phi) is 4.14. The molecule has 0 saturated heterocycles. The van der Waals surface area contributed by atoms with Gasteiger partial charge in [0.1, 0.15) is 0 Å². The predicted molar refractivity (Wildman–Crippen MR) is 83.5 cm³/mol. The summed E-state index contributed by atoms with van der Waals surface area (Å²) in [5.41, 5.74) is 8.68. The lowest BCUT2D eigenvalue weighted by Crippen LogP contribution is -2.32. The quantitative estimate of drug-likeness (QED) is 0.891. The lowest BCUT2D eigenvalue weighted by atomic mass is 9.97. The first-order chi connectivity index (χ1) is 9.83. The molecule has 0 aliphatic heterocycles. The lowest BCUT2D eigenvalue weighted by molar-refractivity contribution is 0.474. The smallest absolute Gasteiger partial charge is 0.0578 e. The van der Waals surface area contributed by atoms with Crippen LogP contribution in [0.4, 0.5) is 0 Å². The third kappa shape index (κ3) is 3.09. The van der Waals surface area contributed by atoms with Crippen molar-refractivity contribution in [3.8, 4) is 0 Å². The monoisotopic (exact) mass is 266 g/mol. The van der Waals surface area contributed by atoms with Crippen molar-refractivity contribution in [2.75, 3.05) is 0 Å². The standard InChI is InChI=1S/C18H22N2/c19-16-11-12-17(13-16)20-18(14-7-3-1-4-8-14)15-9-5-2-6-10-15/h1-10,16-18,20H,11-13,19H2. The van der Waals surface area contributed by atoms with Crippen LogP contribution in [0.15, 0.2) is 60.7 Å². The molecule has 2 aromatic carbocycles. The Labute approximate surface area is 121 Å². The van der Waals surface area contributed by atoms with Crippen LogP contribution in [-0.2, 0) is 0 Å². The second-order valence-corrected chi connectivity index (χ2v) is 5.69. The van der Waals surface area contributed by atoms with Gasteiger partial charge in [0.15, 0.2) is 0 Å². The van der Waals surface area contributed by atoms with E-state index >= 15 is 0 Å². The molecule has 2 heteroatoms. The van der Waals surface area contributed by atoms with E-state index in [0.29, 0.717) is 12.1 Å². The summed E-state index contributed by atoms with van der Waals surface area (Å²) in [6.07, 6.45) is 3.39. The van der Waals surface area contributed by atoms with Gasteiger partial charge < -0.3 is 11.1 Å². The summed E-state index contributed by atoms with van der Waals surface area (Å²) >= 11 is 0. The molecule has 2 atom stereocenters. The Morgan fingerprint density at radius 2 is 1.40 bits per heavy atom. The van der Waals surface area contributed by atoms with E-state index in [9.17, 15) is 0 Å². The molecule has 0 amide bonds. The molecule has 1 aliphatic rings. The molecule has 1 fully saturated rings. The van der Waals surface area contributed by atoms with Gasteiger partial charge in [0.05, 0.1) is 6.04 Å². The topological polar surface area (TPSA) is 38.0 Å². The van der Waals surface area contributed by atoms with Crippen LogP contribution in [0, 0.1) is 0 Å². The molecule has 0 aromatic heterocycles. The molecule has 0 radical (unpaired) electrons. The van der Waals surface area contributed by atoms with Gasteiger partial charge in [0.2, 0.25) is 0 Å². The van der Waals surface area contributed by atoms with Crippen LogP contribution in [0.5, 0.6) is 0 Å². The first-order valence-corrected chi connectivity index (χ1v) is 7.44. The van der Waals surface area contributed by atoms with Crippen molar-refractivity contribution in [2.24, 2.45) is 5.73 Å². The van der Waals surface area contributed by atoms with Crippen LogP contribution < -0.4 is 11.1 Å². The Morgan fingerprint density at radius 3 is 1.85 bits per heavy atom. The van der Waals surface area contributed by atoms with Gasteiger partial charge in [-0.15, -0.1) is 0 Å². The number of nitrogens with one attached hydrogen (secondary N) is 1. The lowest BCUT2D eigenvalue weighted by Gasteiger charge is -2.24. The maximum atomic E-state index is 6.04. The third-order valence-corrected chi connectivity index (χ3v) is 4.14. The van der Waals surface area contributed by atoms with Crippen LogP contribution in [0.25, 0.3) is 0 Å². The summed E-state index contributed by atoms with van der Waals surface area (Å²) in [5.74, 6) is 0. The van der Waals surface area contributed by atoms with Gasteiger partial charge in [-0.1, -0.05) is 60.7 Å². The van der Waals surface area contributed by atoms with Gasteiger partial charge in [-0.05, 0) is 30.4 Å². The van der Waals surface area contributed by atoms with E-state index in [0.717, 1.165) is 12.8 Å². The van der Waals surface area contributed by atoms with E-state index in [1.165, 1.54) is 17.5 Å². The highest BCUT2D eigenvalue weighted by Crippen LogP contribution is 2.26. The molecule has 2 unspecified atom stereocenters. The molecule has 1 saturated carbocycles. The number of nitrogens with two attached hydrogens (primary N) is 1. The molecule has 3 N–H and O–H groups in total. The van der Waals surface area contributed by atoms with E-state index in [1.54, 1.807) is 0 Å². The van der Waals surface area contributed by atoms with Crippen molar-refractivity contribution in [1.29, 1.82) is 0 Å². The molecular weight excluding hydrogens is 244 g/mol. The minimum absolute atomic E-state index is 0.257. The fourth-order valence-electron chi connectivity index (χ4n) is 3.08. The second kappa shape index (κ2) is 6.21. The van der Waals surface area contributed by atoms with Crippen LogP contribution in [0.1, 0.15) is 36.4 Å². The molecule has 3 rings (SSSR count). The highest BCUT2D eigenvalue weighted by atomic mass is 15.0. The zero-order valence-electron chi connectivity index (χ0n) is 11.7. The molecule has 0 bridgehead atoms. The average Bonchev–Trinajstić information content (AvgIpc) is 2.92. The number of rotatable bonds is 4. The Hall–Kier alpha value is -1.64. The Balaban J connectivity index is 1.84. The van der Waals surface area contributed by atoms with Crippen molar-refractivity contribution in [2.45, 2.75) is 37.4 Å². The zero-order chi connectivity index (χ0) is 13.8. The zero-order valence-corrected chi connectivity index (χ0v) is 11.7. The molecule has 0 heterocycles. The van der Waals surface area contributed by atoms with Gasteiger partial charge in [-0.3, -0.25) is 0 Å². The number of hydrogen-bond acceptors (Lipinski definition) is 2. The van der Waals surface area contributed by atoms with E-state index < -0.39 is 0 Å². The van der Waals surface area contributed by atoms with E-state index in [2.05, 4.69) is 66.0 Å². The molecular formula is C18H22N2. The van der Waals surface area contributed by atoms with Crippen molar-refractivity contribution < 1.29 is 0 Å². The van der Waals surface area contributed by atoms with Gasteiger partial charge in [-0.25, -0.2) is 0 Å². The summed E-state index contributed by atoms with van der Waals surface area (Å²) in [4.78, 5) is 0. The first-order valence-electron chi connectivity index (χ1n) is 7.44. The van der Waals surface area contributed by atoms with Gasteiger partial charge >= 0.3 is 0 Å². The van der Waals surface area contributed by atoms with Crippen LogP contribution in [-0.4, -0.2) is 12.1 Å². The minimum atomic E-state index is 0.257. The fraction of sp³-hybridized carbons (Fsp3) is 0.333. The van der Waals surface area contributed by atoms with E-state index in [1.807, 2.05) is 0 Å². The Morgan fingerprint density at radius 1 is 0.850 bits per heavy atom. The highest BCUT2D eigenvalue weighted by molar-refractivity contribution is 5.31.